The summed E-state index contributed by atoms with van der Waals surface area (Å²) in [6.45, 7) is 5.76. The van der Waals surface area contributed by atoms with Gasteiger partial charge in [-0.15, -0.1) is 0 Å². The molecule has 3 aromatic rings. The van der Waals surface area contributed by atoms with Gasteiger partial charge in [-0.2, -0.15) is 0 Å². The van der Waals surface area contributed by atoms with E-state index in [2.05, 4.69) is 19.2 Å². The number of rotatable bonds is 9. The Bertz CT molecular complexity index is 1160. The summed E-state index contributed by atoms with van der Waals surface area (Å²) in [6, 6.07) is 22.5. The van der Waals surface area contributed by atoms with Gasteiger partial charge in [0.1, 0.15) is 6.54 Å². The van der Waals surface area contributed by atoms with Crippen molar-refractivity contribution in [3.63, 3.8) is 0 Å². The van der Waals surface area contributed by atoms with Gasteiger partial charge >= 0.3 is 0 Å². The maximum atomic E-state index is 13.5. The highest BCUT2D eigenvalue weighted by atomic mass is 35.5. The van der Waals surface area contributed by atoms with E-state index in [1.807, 2.05) is 49.4 Å². The molecule has 0 aliphatic carbocycles. The number of amides is 1. The van der Waals surface area contributed by atoms with Crippen molar-refractivity contribution in [2.45, 2.75) is 38.1 Å². The number of benzene rings is 3. The number of nitrogens with one attached hydrogen (secondary N) is 1. The second-order valence-electron chi connectivity index (χ2n) is 8.46. The Labute approximate surface area is 201 Å². The Morgan fingerprint density at radius 2 is 1.55 bits per heavy atom. The van der Waals surface area contributed by atoms with E-state index in [4.69, 9.17) is 11.6 Å². The van der Waals surface area contributed by atoms with Crippen LogP contribution in [0, 0.1) is 12.8 Å². The second-order valence-corrected chi connectivity index (χ2v) is 10.8. The molecule has 0 spiro atoms. The minimum atomic E-state index is -3.99. The van der Waals surface area contributed by atoms with Crippen LogP contribution in [0.3, 0.4) is 0 Å². The van der Waals surface area contributed by atoms with E-state index in [1.54, 1.807) is 12.1 Å². The number of nitrogens with zero attached hydrogens (tertiary/aromatic N) is 1. The first-order chi connectivity index (χ1) is 15.7. The number of carbonyl (C=O) groups excluding carboxylic acids is 1. The molecular weight excluding hydrogens is 456 g/mol. The van der Waals surface area contributed by atoms with Crippen molar-refractivity contribution in [1.82, 2.24) is 5.32 Å². The molecule has 0 fully saturated rings. The summed E-state index contributed by atoms with van der Waals surface area (Å²) in [7, 11) is -3.99. The molecule has 5 nitrogen and oxygen atoms in total. The zero-order valence-corrected chi connectivity index (χ0v) is 20.6. The van der Waals surface area contributed by atoms with E-state index in [9.17, 15) is 13.2 Å². The van der Waals surface area contributed by atoms with Gasteiger partial charge in [0, 0.05) is 5.02 Å². The first kappa shape index (κ1) is 24.8. The zero-order chi connectivity index (χ0) is 24.0. The van der Waals surface area contributed by atoms with E-state index in [0.29, 0.717) is 16.6 Å². The lowest BCUT2D eigenvalue weighted by Gasteiger charge is -2.26. The lowest BCUT2D eigenvalue weighted by atomic mass is 9.97. The van der Waals surface area contributed by atoms with Gasteiger partial charge in [-0.1, -0.05) is 73.5 Å². The van der Waals surface area contributed by atoms with Crippen molar-refractivity contribution in [1.29, 1.82) is 0 Å². The van der Waals surface area contributed by atoms with Gasteiger partial charge in [0.05, 0.1) is 16.6 Å². The van der Waals surface area contributed by atoms with E-state index in [1.165, 1.54) is 24.3 Å². The van der Waals surface area contributed by atoms with Crippen LogP contribution in [0.2, 0.25) is 5.02 Å². The number of carbonyl (C=O) groups is 1. The van der Waals surface area contributed by atoms with Crippen LogP contribution in [0.25, 0.3) is 0 Å². The number of aryl methyl sites for hydroxylation is 1. The molecule has 0 saturated heterocycles. The summed E-state index contributed by atoms with van der Waals surface area (Å²) in [5.41, 5.74) is 2.40. The molecule has 1 N–H and O–H groups in total. The van der Waals surface area contributed by atoms with Crippen molar-refractivity contribution in [2.75, 3.05) is 10.8 Å². The van der Waals surface area contributed by atoms with Crippen LogP contribution >= 0.6 is 11.6 Å². The molecule has 0 aliphatic rings. The number of anilines is 1. The summed E-state index contributed by atoms with van der Waals surface area (Å²) in [6.07, 6.45) is 0.740. The van der Waals surface area contributed by atoms with Crippen LogP contribution in [0.1, 0.15) is 37.4 Å². The normalized spacial score (nSPS) is 12.4. The second kappa shape index (κ2) is 10.9. The van der Waals surface area contributed by atoms with Crippen molar-refractivity contribution in [2.24, 2.45) is 5.92 Å². The van der Waals surface area contributed by atoms with Gasteiger partial charge in [0.2, 0.25) is 5.91 Å². The molecule has 0 radical (unpaired) electrons. The third kappa shape index (κ3) is 6.59. The van der Waals surface area contributed by atoms with Crippen molar-refractivity contribution in [3.8, 4) is 0 Å². The Morgan fingerprint density at radius 3 is 2.12 bits per heavy atom. The third-order valence-corrected chi connectivity index (χ3v) is 7.30. The SMILES string of the molecule is Cc1ccc(N(CC(=O)N[C@H](CC(C)C)c2ccccc2)S(=O)(=O)c2ccc(Cl)cc2)cc1. The Morgan fingerprint density at radius 1 is 0.939 bits per heavy atom. The average molecular weight is 485 g/mol. The Hall–Kier alpha value is -2.83. The lowest BCUT2D eigenvalue weighted by Crippen LogP contribution is -2.42. The standard InChI is InChI=1S/C26H29ClN2O3S/c1-19(2)17-25(21-7-5-4-6-8-21)28-26(30)18-29(23-13-9-20(3)10-14-23)33(31,32)24-15-11-22(27)12-16-24/h4-16,19,25H,17-18H2,1-3H3,(H,28,30)/t25-/m1/s1. The fourth-order valence-electron chi connectivity index (χ4n) is 3.57. The van der Waals surface area contributed by atoms with Crippen LogP contribution in [0.5, 0.6) is 0 Å². The summed E-state index contributed by atoms with van der Waals surface area (Å²) < 4.78 is 28.1. The van der Waals surface area contributed by atoms with Crippen LogP contribution in [0.4, 0.5) is 5.69 Å². The highest BCUT2D eigenvalue weighted by Gasteiger charge is 2.28. The molecular formula is C26H29ClN2O3S. The summed E-state index contributed by atoms with van der Waals surface area (Å²) in [5.74, 6) is -0.0240. The largest absolute Gasteiger partial charge is 0.348 e. The van der Waals surface area contributed by atoms with Gasteiger partial charge in [-0.05, 0) is 61.2 Å². The molecule has 0 heterocycles. The molecule has 1 atom stereocenters. The third-order valence-electron chi connectivity index (χ3n) is 5.26. The molecule has 174 valence electrons. The zero-order valence-electron chi connectivity index (χ0n) is 19.0. The summed E-state index contributed by atoms with van der Waals surface area (Å²) >= 11 is 5.94. The van der Waals surface area contributed by atoms with E-state index in [-0.39, 0.29) is 23.4 Å². The van der Waals surface area contributed by atoms with Crippen LogP contribution < -0.4 is 9.62 Å². The Kier molecular flexibility index (Phi) is 8.16. The number of hydrogen-bond acceptors (Lipinski definition) is 3. The minimum Gasteiger partial charge on any atom is -0.348 e. The fourth-order valence-corrected chi connectivity index (χ4v) is 5.11. The molecule has 0 aliphatic heterocycles. The molecule has 3 aromatic carbocycles. The van der Waals surface area contributed by atoms with Crippen LogP contribution in [-0.2, 0) is 14.8 Å². The topological polar surface area (TPSA) is 66.5 Å². The first-order valence-electron chi connectivity index (χ1n) is 10.9. The highest BCUT2D eigenvalue weighted by Crippen LogP contribution is 2.26. The minimum absolute atomic E-state index is 0.0714. The number of hydrogen-bond donors (Lipinski definition) is 1. The maximum Gasteiger partial charge on any atom is 0.264 e. The predicted octanol–water partition coefficient (Wildman–Crippen LogP) is 5.75. The van der Waals surface area contributed by atoms with E-state index >= 15 is 0 Å². The molecule has 0 aromatic heterocycles. The molecule has 3 rings (SSSR count). The quantitative estimate of drug-likeness (QED) is 0.420. The van der Waals surface area contributed by atoms with E-state index < -0.39 is 10.0 Å². The molecule has 0 unspecified atom stereocenters. The van der Waals surface area contributed by atoms with E-state index in [0.717, 1.165) is 21.9 Å². The van der Waals surface area contributed by atoms with Gasteiger partial charge in [-0.25, -0.2) is 8.42 Å². The lowest BCUT2D eigenvalue weighted by molar-refractivity contribution is -0.120. The predicted molar refractivity (Wildman–Crippen MR) is 134 cm³/mol. The summed E-state index contributed by atoms with van der Waals surface area (Å²) in [4.78, 5) is 13.2. The van der Waals surface area contributed by atoms with Gasteiger partial charge in [-0.3, -0.25) is 9.10 Å². The average Bonchev–Trinajstić information content (AvgIpc) is 2.78. The van der Waals surface area contributed by atoms with Crippen LogP contribution in [-0.4, -0.2) is 20.9 Å². The van der Waals surface area contributed by atoms with Gasteiger partial charge in [0.15, 0.2) is 0 Å². The maximum absolute atomic E-state index is 13.5. The van der Waals surface area contributed by atoms with Crippen molar-refractivity contribution < 1.29 is 13.2 Å². The molecule has 0 saturated carbocycles. The van der Waals surface area contributed by atoms with Crippen molar-refractivity contribution >= 4 is 33.2 Å². The first-order valence-corrected chi connectivity index (χ1v) is 12.7. The fraction of sp³-hybridized carbons (Fsp3) is 0.269. The van der Waals surface area contributed by atoms with Crippen molar-refractivity contribution in [3.05, 3.63) is 95.0 Å². The monoisotopic (exact) mass is 484 g/mol. The summed E-state index contributed by atoms with van der Waals surface area (Å²) in [5, 5.41) is 3.48. The smallest absolute Gasteiger partial charge is 0.264 e. The van der Waals surface area contributed by atoms with Gasteiger partial charge < -0.3 is 5.32 Å². The number of halogens is 1. The molecule has 1 amide bonds. The molecule has 33 heavy (non-hydrogen) atoms. The molecule has 0 bridgehead atoms. The Balaban J connectivity index is 1.91. The molecule has 7 heteroatoms. The van der Waals surface area contributed by atoms with Gasteiger partial charge in [0.25, 0.3) is 10.0 Å². The number of sulfonamides is 1. The highest BCUT2D eigenvalue weighted by molar-refractivity contribution is 7.92. The van der Waals surface area contributed by atoms with Crippen LogP contribution in [0.15, 0.2) is 83.8 Å².